The van der Waals surface area contributed by atoms with Gasteiger partial charge in [0.25, 0.3) is 11.8 Å². The molecule has 2 aromatic rings. The molecule has 2 aliphatic carbocycles. The van der Waals surface area contributed by atoms with Crippen LogP contribution in [-0.4, -0.2) is 41.1 Å². The second kappa shape index (κ2) is 7.82. The summed E-state index contributed by atoms with van der Waals surface area (Å²) in [6, 6.07) is 11.1. The predicted molar refractivity (Wildman–Crippen MR) is 97.1 cm³/mol. The quantitative estimate of drug-likeness (QED) is 0.734. The summed E-state index contributed by atoms with van der Waals surface area (Å²) < 4.78 is 10.9. The van der Waals surface area contributed by atoms with Gasteiger partial charge in [0, 0.05) is 18.7 Å². The first-order valence-electron chi connectivity index (χ1n) is 9.40. The van der Waals surface area contributed by atoms with Crippen LogP contribution in [0.4, 0.5) is 0 Å². The lowest BCUT2D eigenvalue weighted by molar-refractivity contribution is -0.134. The largest absolute Gasteiger partial charge is 0.484 e. The third-order valence-corrected chi connectivity index (χ3v) is 4.78. The number of aromatic nitrogens is 1. The highest BCUT2D eigenvalue weighted by Gasteiger charge is 2.33. The van der Waals surface area contributed by atoms with E-state index in [1.54, 1.807) is 11.0 Å². The maximum atomic E-state index is 12.6. The van der Waals surface area contributed by atoms with Crippen LogP contribution >= 0.6 is 0 Å². The number of ether oxygens (including phenoxy) is 1. The lowest BCUT2D eigenvalue weighted by Gasteiger charge is -2.21. The number of benzene rings is 1. The molecular weight excluding hydrogens is 346 g/mol. The highest BCUT2D eigenvalue weighted by Crippen LogP contribution is 2.29. The van der Waals surface area contributed by atoms with Gasteiger partial charge in [0.2, 0.25) is 0 Å². The minimum absolute atomic E-state index is 0.0244. The summed E-state index contributed by atoms with van der Waals surface area (Å²) in [5.74, 6) is 1.45. The fraction of sp³-hybridized carbons (Fsp3) is 0.450. The third-order valence-electron chi connectivity index (χ3n) is 4.78. The van der Waals surface area contributed by atoms with Gasteiger partial charge in [-0.05, 0) is 43.7 Å². The van der Waals surface area contributed by atoms with Gasteiger partial charge in [0.15, 0.2) is 18.1 Å². The Labute approximate surface area is 157 Å². The van der Waals surface area contributed by atoms with Crippen LogP contribution in [0.25, 0.3) is 0 Å². The number of hydrogen-bond donors (Lipinski definition) is 1. The van der Waals surface area contributed by atoms with Crippen molar-refractivity contribution in [2.45, 2.75) is 38.3 Å². The summed E-state index contributed by atoms with van der Waals surface area (Å²) in [4.78, 5) is 26.4. The number of para-hydroxylation sites is 1. The molecule has 2 aliphatic rings. The Balaban J connectivity index is 1.32. The van der Waals surface area contributed by atoms with Gasteiger partial charge in [0.05, 0.1) is 6.54 Å². The molecule has 2 fully saturated rings. The van der Waals surface area contributed by atoms with Crippen molar-refractivity contribution in [1.82, 2.24) is 15.4 Å². The first kappa shape index (κ1) is 17.6. The zero-order valence-corrected chi connectivity index (χ0v) is 15.1. The van der Waals surface area contributed by atoms with Gasteiger partial charge < -0.3 is 19.5 Å². The van der Waals surface area contributed by atoms with Crippen molar-refractivity contribution in [2.75, 3.05) is 13.2 Å². The van der Waals surface area contributed by atoms with Crippen LogP contribution in [0.15, 0.2) is 40.9 Å². The monoisotopic (exact) mass is 369 g/mol. The minimum atomic E-state index is -0.228. The highest BCUT2D eigenvalue weighted by molar-refractivity contribution is 5.92. The molecule has 0 bridgehead atoms. The second-order valence-corrected chi connectivity index (χ2v) is 7.19. The van der Waals surface area contributed by atoms with E-state index in [2.05, 4.69) is 10.5 Å². The zero-order valence-electron chi connectivity index (χ0n) is 15.1. The van der Waals surface area contributed by atoms with Crippen molar-refractivity contribution in [2.24, 2.45) is 5.92 Å². The van der Waals surface area contributed by atoms with Crippen LogP contribution in [-0.2, 0) is 11.3 Å². The minimum Gasteiger partial charge on any atom is -0.484 e. The molecule has 27 heavy (non-hydrogen) atoms. The second-order valence-electron chi connectivity index (χ2n) is 7.19. The number of amides is 2. The molecular formula is C20H23N3O4. The summed E-state index contributed by atoms with van der Waals surface area (Å²) in [7, 11) is 0. The average Bonchev–Trinajstić information content (AvgIpc) is 3.62. The van der Waals surface area contributed by atoms with E-state index in [1.165, 1.54) is 12.8 Å². The first-order chi connectivity index (χ1) is 13.2. The summed E-state index contributed by atoms with van der Waals surface area (Å²) >= 11 is 0. The Morgan fingerprint density at radius 3 is 2.67 bits per heavy atom. The van der Waals surface area contributed by atoms with E-state index in [4.69, 9.17) is 9.26 Å². The van der Waals surface area contributed by atoms with Gasteiger partial charge in [0.1, 0.15) is 5.75 Å². The number of hydrogen-bond acceptors (Lipinski definition) is 5. The van der Waals surface area contributed by atoms with Crippen molar-refractivity contribution in [3.63, 3.8) is 0 Å². The van der Waals surface area contributed by atoms with E-state index in [0.29, 0.717) is 30.5 Å². The number of nitrogens with zero attached hydrogens (tertiary/aromatic N) is 2. The summed E-state index contributed by atoms with van der Waals surface area (Å²) in [6.45, 7) is 0.957. The maximum absolute atomic E-state index is 12.6. The molecule has 0 aliphatic heterocycles. The molecule has 7 heteroatoms. The van der Waals surface area contributed by atoms with Gasteiger partial charge in [-0.25, -0.2) is 0 Å². The van der Waals surface area contributed by atoms with Gasteiger partial charge in [-0.15, -0.1) is 0 Å². The Hall–Kier alpha value is -2.83. The SMILES string of the molecule is O=C(NCC1CC1)c1cc(CN(C(=O)COc2ccccc2)C2CC2)on1. The number of carbonyl (C=O) groups is 2. The molecule has 4 rings (SSSR count). The fourth-order valence-electron chi connectivity index (χ4n) is 2.86. The lowest BCUT2D eigenvalue weighted by Crippen LogP contribution is -2.36. The summed E-state index contributed by atoms with van der Waals surface area (Å²) in [5.41, 5.74) is 0.259. The molecule has 0 spiro atoms. The highest BCUT2D eigenvalue weighted by atomic mass is 16.5. The molecule has 2 saturated carbocycles. The van der Waals surface area contributed by atoms with Crippen molar-refractivity contribution >= 4 is 11.8 Å². The van der Waals surface area contributed by atoms with Crippen LogP contribution in [0, 0.1) is 5.92 Å². The number of rotatable bonds is 9. The Morgan fingerprint density at radius 1 is 1.19 bits per heavy atom. The molecule has 2 amide bonds. The standard InChI is InChI=1S/C20H23N3O4/c24-19(13-26-16-4-2-1-3-5-16)23(15-8-9-15)12-17-10-18(22-27-17)20(25)21-11-14-6-7-14/h1-5,10,14-15H,6-9,11-13H2,(H,21,25). The maximum Gasteiger partial charge on any atom is 0.273 e. The molecule has 7 nitrogen and oxygen atoms in total. The zero-order chi connectivity index (χ0) is 18.6. The first-order valence-corrected chi connectivity index (χ1v) is 9.40. The smallest absolute Gasteiger partial charge is 0.273 e. The van der Waals surface area contributed by atoms with Crippen LogP contribution in [0.3, 0.4) is 0 Å². The molecule has 0 unspecified atom stereocenters. The van der Waals surface area contributed by atoms with E-state index in [9.17, 15) is 9.59 Å². The number of nitrogens with one attached hydrogen (secondary N) is 1. The van der Waals surface area contributed by atoms with Crippen molar-refractivity contribution in [3.8, 4) is 5.75 Å². The van der Waals surface area contributed by atoms with Crippen molar-refractivity contribution in [1.29, 1.82) is 0 Å². The summed E-state index contributed by atoms with van der Waals surface area (Å²) in [5, 5.41) is 6.71. The number of carbonyl (C=O) groups excluding carboxylic acids is 2. The molecule has 0 atom stereocenters. The van der Waals surface area contributed by atoms with Crippen molar-refractivity contribution in [3.05, 3.63) is 47.9 Å². The molecule has 1 aromatic carbocycles. The molecule has 0 radical (unpaired) electrons. The van der Waals surface area contributed by atoms with E-state index < -0.39 is 0 Å². The molecule has 142 valence electrons. The predicted octanol–water partition coefficient (Wildman–Crippen LogP) is 2.38. The molecule has 1 aromatic heterocycles. The molecule has 1 N–H and O–H groups in total. The van der Waals surface area contributed by atoms with E-state index in [-0.39, 0.29) is 30.2 Å². The van der Waals surface area contributed by atoms with E-state index >= 15 is 0 Å². The Bertz CT molecular complexity index is 797. The van der Waals surface area contributed by atoms with Crippen LogP contribution in [0.2, 0.25) is 0 Å². The normalized spacial score (nSPS) is 16.0. The van der Waals surface area contributed by atoms with Gasteiger partial charge >= 0.3 is 0 Å². The van der Waals surface area contributed by atoms with Gasteiger partial charge in [-0.2, -0.15) is 0 Å². The molecule has 1 heterocycles. The van der Waals surface area contributed by atoms with Crippen molar-refractivity contribution < 1.29 is 18.8 Å². The Kier molecular flexibility index (Phi) is 5.09. The van der Waals surface area contributed by atoms with Gasteiger partial charge in [-0.1, -0.05) is 23.4 Å². The topological polar surface area (TPSA) is 84.7 Å². The lowest BCUT2D eigenvalue weighted by atomic mass is 10.3. The molecule has 0 saturated heterocycles. The average molecular weight is 369 g/mol. The van der Waals surface area contributed by atoms with E-state index in [0.717, 1.165) is 12.8 Å². The van der Waals surface area contributed by atoms with Gasteiger partial charge in [-0.3, -0.25) is 9.59 Å². The Morgan fingerprint density at radius 2 is 1.96 bits per heavy atom. The van der Waals surface area contributed by atoms with Crippen LogP contribution < -0.4 is 10.1 Å². The van der Waals surface area contributed by atoms with E-state index in [1.807, 2.05) is 30.3 Å². The summed E-state index contributed by atoms with van der Waals surface area (Å²) in [6.07, 6.45) is 4.29. The fourth-order valence-corrected chi connectivity index (χ4v) is 2.86. The van der Waals surface area contributed by atoms with Crippen LogP contribution in [0.5, 0.6) is 5.75 Å². The third kappa shape index (κ3) is 4.87. The van der Waals surface area contributed by atoms with Crippen LogP contribution in [0.1, 0.15) is 41.9 Å².